The van der Waals surface area contributed by atoms with Crippen molar-refractivity contribution in [1.29, 1.82) is 0 Å². The Balaban J connectivity index is 1.60. The van der Waals surface area contributed by atoms with E-state index in [1.165, 1.54) is 18.6 Å². The van der Waals surface area contributed by atoms with Crippen molar-refractivity contribution >= 4 is 28.7 Å². The van der Waals surface area contributed by atoms with Gasteiger partial charge in [-0.1, -0.05) is 0 Å². The summed E-state index contributed by atoms with van der Waals surface area (Å²) < 4.78 is 33.9. The third-order valence-electron chi connectivity index (χ3n) is 6.12. The highest BCUT2D eigenvalue weighted by Gasteiger charge is 2.34. The van der Waals surface area contributed by atoms with E-state index in [1.54, 1.807) is 43.2 Å². The van der Waals surface area contributed by atoms with E-state index in [-0.39, 0.29) is 35.0 Å². The predicted octanol–water partition coefficient (Wildman–Crippen LogP) is 3.91. The lowest BCUT2D eigenvalue weighted by Gasteiger charge is -2.29. The predicted molar refractivity (Wildman–Crippen MR) is 133 cm³/mol. The number of hydrogen-bond acceptors (Lipinski definition) is 8. The van der Waals surface area contributed by atoms with Crippen molar-refractivity contribution in [1.82, 2.24) is 14.9 Å². The molecule has 2 aromatic heterocycles. The van der Waals surface area contributed by atoms with E-state index >= 15 is 4.39 Å². The van der Waals surface area contributed by atoms with Gasteiger partial charge in [-0.15, -0.1) is 0 Å². The highest BCUT2D eigenvalue weighted by atomic mass is 19.1. The molecule has 5 rings (SSSR count). The lowest BCUT2D eigenvalue weighted by Crippen LogP contribution is -2.40. The minimum Gasteiger partial charge on any atom is -0.462 e. The molecule has 1 N–H and O–H groups in total. The van der Waals surface area contributed by atoms with Gasteiger partial charge < -0.3 is 29.0 Å². The van der Waals surface area contributed by atoms with Gasteiger partial charge >= 0.3 is 12.1 Å². The van der Waals surface area contributed by atoms with Crippen LogP contribution in [0.2, 0.25) is 0 Å². The van der Waals surface area contributed by atoms with Crippen LogP contribution in [0.3, 0.4) is 0 Å². The molecule has 10 nitrogen and oxygen atoms in total. The number of fused-ring (bicyclic) bond motifs is 2. The van der Waals surface area contributed by atoms with E-state index in [9.17, 15) is 14.4 Å². The molecule has 1 saturated heterocycles. The van der Waals surface area contributed by atoms with Crippen molar-refractivity contribution in [2.45, 2.75) is 45.8 Å². The SMILES string of the molecule is CCOC(=O)c1cn2c3c(c(N4CC[C@H](NC(=O)OC(C)(C)C)C4)c(F)cc3c1=O)Oc1ccncc1-2. The molecule has 194 valence electrons. The van der Waals surface area contributed by atoms with Crippen LogP contribution < -0.4 is 20.4 Å². The summed E-state index contributed by atoms with van der Waals surface area (Å²) in [6.07, 6.45) is 4.47. The maximum Gasteiger partial charge on any atom is 0.407 e. The van der Waals surface area contributed by atoms with Gasteiger partial charge in [0.25, 0.3) is 0 Å². The largest absolute Gasteiger partial charge is 0.462 e. The molecule has 0 bridgehead atoms. The number of nitrogens with zero attached hydrogens (tertiary/aromatic N) is 3. The average molecular weight is 511 g/mol. The number of benzene rings is 1. The maximum absolute atomic E-state index is 15.7. The Labute approximate surface area is 211 Å². The Morgan fingerprint density at radius 2 is 2.11 bits per heavy atom. The van der Waals surface area contributed by atoms with Crippen LogP contribution in [0.1, 0.15) is 44.5 Å². The van der Waals surface area contributed by atoms with Crippen LogP contribution in [-0.2, 0) is 9.47 Å². The number of carbonyl (C=O) groups excluding carboxylic acids is 2. The monoisotopic (exact) mass is 510 g/mol. The molecule has 0 aliphatic carbocycles. The molecule has 0 spiro atoms. The lowest BCUT2D eigenvalue weighted by atomic mass is 10.1. The fraction of sp³-hybridized carbons (Fsp3) is 0.385. The van der Waals surface area contributed by atoms with Gasteiger partial charge in [0, 0.05) is 31.5 Å². The fourth-order valence-electron chi connectivity index (χ4n) is 4.66. The van der Waals surface area contributed by atoms with Crippen LogP contribution in [-0.4, -0.2) is 53.0 Å². The average Bonchev–Trinajstić information content (AvgIpc) is 3.27. The van der Waals surface area contributed by atoms with Crippen molar-refractivity contribution in [2.24, 2.45) is 0 Å². The summed E-state index contributed by atoms with van der Waals surface area (Å²) in [5.41, 5.74) is -0.530. The Bertz CT molecular complexity index is 1480. The van der Waals surface area contributed by atoms with Gasteiger partial charge in [-0.2, -0.15) is 0 Å². The quantitative estimate of drug-likeness (QED) is 0.412. The van der Waals surface area contributed by atoms with Crippen molar-refractivity contribution in [3.63, 3.8) is 0 Å². The highest BCUT2D eigenvalue weighted by molar-refractivity contribution is 5.99. The second-order valence-corrected chi connectivity index (χ2v) is 9.92. The topological polar surface area (TPSA) is 112 Å². The first-order valence-electron chi connectivity index (χ1n) is 12.0. The molecule has 0 saturated carbocycles. The fourth-order valence-corrected chi connectivity index (χ4v) is 4.66. The van der Waals surface area contributed by atoms with Crippen LogP contribution in [0, 0.1) is 5.82 Å². The van der Waals surface area contributed by atoms with Crippen molar-refractivity contribution < 1.29 is 28.2 Å². The van der Waals surface area contributed by atoms with Crippen molar-refractivity contribution in [2.75, 3.05) is 24.6 Å². The Morgan fingerprint density at radius 3 is 2.84 bits per heavy atom. The summed E-state index contributed by atoms with van der Waals surface area (Å²) in [6.45, 7) is 7.81. The molecular formula is C26H27FN4O6. The van der Waals surface area contributed by atoms with Crippen molar-refractivity contribution in [3.8, 4) is 17.2 Å². The molecule has 1 fully saturated rings. The zero-order valence-corrected chi connectivity index (χ0v) is 21.0. The van der Waals surface area contributed by atoms with E-state index in [0.717, 1.165) is 6.07 Å². The summed E-state index contributed by atoms with van der Waals surface area (Å²) in [7, 11) is 0. The zero-order chi connectivity index (χ0) is 26.5. The number of amides is 1. The summed E-state index contributed by atoms with van der Waals surface area (Å²) in [4.78, 5) is 43.9. The first kappa shape index (κ1) is 24.5. The molecule has 4 heterocycles. The van der Waals surface area contributed by atoms with Gasteiger partial charge in [0.15, 0.2) is 17.3 Å². The first-order valence-corrected chi connectivity index (χ1v) is 12.0. The second kappa shape index (κ2) is 9.06. The van der Waals surface area contributed by atoms with Gasteiger partial charge in [-0.3, -0.25) is 9.78 Å². The Morgan fingerprint density at radius 1 is 1.32 bits per heavy atom. The molecular weight excluding hydrogens is 483 g/mol. The summed E-state index contributed by atoms with van der Waals surface area (Å²) in [6, 6.07) is 2.47. The molecule has 1 atom stereocenters. The van der Waals surface area contributed by atoms with E-state index in [4.69, 9.17) is 14.2 Å². The number of ether oxygens (including phenoxy) is 3. The third kappa shape index (κ3) is 4.45. The number of hydrogen-bond donors (Lipinski definition) is 1. The molecule has 2 aliphatic heterocycles. The Kier molecular flexibility index (Phi) is 6.01. The number of rotatable bonds is 4. The lowest BCUT2D eigenvalue weighted by molar-refractivity contribution is 0.0503. The van der Waals surface area contributed by atoms with Crippen LogP contribution in [0.4, 0.5) is 14.9 Å². The van der Waals surface area contributed by atoms with Crippen LogP contribution in [0.15, 0.2) is 35.5 Å². The van der Waals surface area contributed by atoms with E-state index in [2.05, 4.69) is 10.3 Å². The molecule has 37 heavy (non-hydrogen) atoms. The summed E-state index contributed by atoms with van der Waals surface area (Å²) in [5.74, 6) is -0.935. The first-order chi connectivity index (χ1) is 17.6. The van der Waals surface area contributed by atoms with Crippen LogP contribution in [0.25, 0.3) is 16.6 Å². The molecule has 1 aromatic carbocycles. The number of aromatic nitrogens is 2. The second-order valence-electron chi connectivity index (χ2n) is 9.92. The van der Waals surface area contributed by atoms with E-state index < -0.39 is 28.9 Å². The van der Waals surface area contributed by atoms with E-state index in [0.29, 0.717) is 36.5 Å². The summed E-state index contributed by atoms with van der Waals surface area (Å²) in [5, 5.41) is 2.82. The van der Waals surface area contributed by atoms with Crippen LogP contribution >= 0.6 is 0 Å². The number of anilines is 1. The minimum atomic E-state index is -0.795. The number of pyridine rings is 2. The highest BCUT2D eigenvalue weighted by Crippen LogP contribution is 2.46. The molecule has 1 amide bonds. The summed E-state index contributed by atoms with van der Waals surface area (Å²) >= 11 is 0. The standard InChI is InChI=1S/C26H27FN4O6/c1-5-35-24(33)16-13-31-18-11-28-8-6-19(18)36-23-20(31)15(22(16)32)10-17(27)21(23)30-9-7-14(12-30)29-25(34)37-26(2,3)4/h6,8,10-11,13-14H,5,7,9,12H2,1-4H3,(H,29,34)/t14-/m0/s1. The molecule has 11 heteroatoms. The number of halogens is 1. The van der Waals surface area contributed by atoms with Gasteiger partial charge in [0.2, 0.25) is 5.43 Å². The molecule has 0 radical (unpaired) electrons. The van der Waals surface area contributed by atoms with E-state index in [1.807, 2.05) is 0 Å². The maximum atomic E-state index is 15.7. The minimum absolute atomic E-state index is 0.0149. The zero-order valence-electron chi connectivity index (χ0n) is 21.0. The van der Waals surface area contributed by atoms with Gasteiger partial charge in [-0.05, 0) is 40.2 Å². The van der Waals surface area contributed by atoms with Gasteiger partial charge in [-0.25, -0.2) is 14.0 Å². The number of nitrogens with one attached hydrogen (secondary N) is 1. The number of alkyl carbamates (subject to hydrolysis) is 1. The number of carbonyl (C=O) groups is 2. The molecule has 0 unspecified atom stereocenters. The third-order valence-corrected chi connectivity index (χ3v) is 6.12. The van der Waals surface area contributed by atoms with Crippen molar-refractivity contribution in [3.05, 3.63) is 52.3 Å². The molecule has 3 aromatic rings. The van der Waals surface area contributed by atoms with Gasteiger partial charge in [0.1, 0.15) is 28.1 Å². The normalized spacial score (nSPS) is 16.2. The number of esters is 1. The smallest absolute Gasteiger partial charge is 0.407 e. The molecule has 2 aliphatic rings. The van der Waals surface area contributed by atoms with Gasteiger partial charge in [0.05, 0.1) is 24.2 Å². The Hall–Kier alpha value is -4.15. The van der Waals surface area contributed by atoms with Crippen LogP contribution in [0.5, 0.6) is 11.5 Å².